The number of nitrogens with zero attached hydrogens (tertiary/aromatic N) is 1. The second-order valence-corrected chi connectivity index (χ2v) is 7.46. The summed E-state index contributed by atoms with van der Waals surface area (Å²) in [6.45, 7) is 7.38. The number of H-pyrrole nitrogens is 1. The summed E-state index contributed by atoms with van der Waals surface area (Å²) < 4.78 is 18.4. The molecule has 1 aromatic carbocycles. The molecule has 9 heteroatoms. The molecule has 1 aromatic heterocycles. The van der Waals surface area contributed by atoms with Crippen LogP contribution in [0.1, 0.15) is 32.8 Å². The maximum atomic E-state index is 13.3. The van der Waals surface area contributed by atoms with Crippen LogP contribution in [0.2, 0.25) is 0 Å². The van der Waals surface area contributed by atoms with Gasteiger partial charge in [-0.2, -0.15) is 0 Å². The van der Waals surface area contributed by atoms with E-state index in [-0.39, 0.29) is 29.8 Å². The smallest absolute Gasteiger partial charge is 0.407 e. The molecule has 0 aliphatic heterocycles. The maximum absolute atomic E-state index is 13.3. The van der Waals surface area contributed by atoms with E-state index in [0.717, 1.165) is 29.3 Å². The number of alkyl carbamates (subject to hydrolysis) is 1. The number of amides is 1. The zero-order valence-electron chi connectivity index (χ0n) is 17.4. The normalized spacial score (nSPS) is 11.7. The van der Waals surface area contributed by atoms with Gasteiger partial charge in [0, 0.05) is 43.8 Å². The minimum Gasteiger partial charge on any atom is -0.444 e. The quantitative estimate of drug-likeness (QED) is 0.195. The molecule has 1 heterocycles. The van der Waals surface area contributed by atoms with Gasteiger partial charge in [0.05, 0.1) is 0 Å². The molecule has 29 heavy (non-hydrogen) atoms. The Morgan fingerprint density at radius 1 is 1.17 bits per heavy atom. The Morgan fingerprint density at radius 2 is 1.86 bits per heavy atom. The van der Waals surface area contributed by atoms with Crippen LogP contribution < -0.4 is 16.0 Å². The number of aromatic amines is 1. The predicted molar refractivity (Wildman–Crippen MR) is 126 cm³/mol. The second kappa shape index (κ2) is 11.8. The Morgan fingerprint density at radius 3 is 2.55 bits per heavy atom. The minimum atomic E-state index is -0.493. The molecule has 0 saturated carbocycles. The number of aliphatic imine (C=N–C) groups is 1. The highest BCUT2D eigenvalue weighted by Crippen LogP contribution is 2.19. The van der Waals surface area contributed by atoms with Crippen LogP contribution in [0, 0.1) is 5.82 Å². The van der Waals surface area contributed by atoms with Crippen molar-refractivity contribution in [1.82, 2.24) is 20.9 Å². The first-order valence-electron chi connectivity index (χ1n) is 9.45. The van der Waals surface area contributed by atoms with Gasteiger partial charge in [-0.25, -0.2) is 9.18 Å². The van der Waals surface area contributed by atoms with Gasteiger partial charge < -0.3 is 25.7 Å². The van der Waals surface area contributed by atoms with Gasteiger partial charge in [-0.15, -0.1) is 24.0 Å². The summed E-state index contributed by atoms with van der Waals surface area (Å²) >= 11 is 0. The zero-order valence-corrected chi connectivity index (χ0v) is 19.7. The first-order chi connectivity index (χ1) is 13.3. The number of hydrogen-bond donors (Lipinski definition) is 4. The molecule has 0 aliphatic carbocycles. The highest BCUT2D eigenvalue weighted by atomic mass is 127. The van der Waals surface area contributed by atoms with E-state index >= 15 is 0 Å². The van der Waals surface area contributed by atoms with E-state index in [2.05, 4.69) is 25.9 Å². The van der Waals surface area contributed by atoms with Crippen molar-refractivity contribution in [1.29, 1.82) is 0 Å². The van der Waals surface area contributed by atoms with Crippen LogP contribution in [-0.2, 0) is 11.2 Å². The number of fused-ring (bicyclic) bond motifs is 1. The molecule has 0 radical (unpaired) electrons. The number of nitrogens with one attached hydrogen (secondary N) is 4. The highest BCUT2D eigenvalue weighted by Gasteiger charge is 2.15. The summed E-state index contributed by atoms with van der Waals surface area (Å²) in [5, 5.41) is 10.2. The zero-order chi connectivity index (χ0) is 20.6. The number of halogens is 2. The topological polar surface area (TPSA) is 90.5 Å². The van der Waals surface area contributed by atoms with E-state index in [9.17, 15) is 9.18 Å². The van der Waals surface area contributed by atoms with Gasteiger partial charge in [0.25, 0.3) is 0 Å². The van der Waals surface area contributed by atoms with Crippen molar-refractivity contribution in [3.63, 3.8) is 0 Å². The largest absolute Gasteiger partial charge is 0.444 e. The van der Waals surface area contributed by atoms with Crippen LogP contribution >= 0.6 is 24.0 Å². The lowest BCUT2D eigenvalue weighted by Crippen LogP contribution is -2.40. The van der Waals surface area contributed by atoms with E-state index in [1.54, 1.807) is 13.1 Å². The summed E-state index contributed by atoms with van der Waals surface area (Å²) in [6, 6.07) is 4.76. The molecule has 1 amide bonds. The van der Waals surface area contributed by atoms with Gasteiger partial charge in [-0.1, -0.05) is 0 Å². The Labute approximate surface area is 188 Å². The molecule has 162 valence electrons. The fraction of sp³-hybridized carbons (Fsp3) is 0.500. The summed E-state index contributed by atoms with van der Waals surface area (Å²) in [5.74, 6) is 0.452. The molecule has 2 aromatic rings. The highest BCUT2D eigenvalue weighted by molar-refractivity contribution is 14.0. The number of aromatic nitrogens is 1. The third-order valence-corrected chi connectivity index (χ3v) is 3.95. The van der Waals surface area contributed by atoms with Crippen LogP contribution in [0.4, 0.5) is 9.18 Å². The van der Waals surface area contributed by atoms with Gasteiger partial charge >= 0.3 is 6.09 Å². The van der Waals surface area contributed by atoms with Crippen LogP contribution in [0.15, 0.2) is 29.4 Å². The average molecular weight is 519 g/mol. The number of ether oxygens (including phenoxy) is 1. The Kier molecular flexibility index (Phi) is 10.2. The fourth-order valence-electron chi connectivity index (χ4n) is 2.70. The molecule has 0 aliphatic rings. The minimum absolute atomic E-state index is 0. The number of benzene rings is 1. The molecule has 0 fully saturated rings. The second-order valence-electron chi connectivity index (χ2n) is 7.46. The van der Waals surface area contributed by atoms with E-state index < -0.39 is 11.7 Å². The molecule has 4 N–H and O–H groups in total. The van der Waals surface area contributed by atoms with Crippen molar-refractivity contribution in [3.8, 4) is 0 Å². The standard InChI is InChI=1S/C20H30FN5O2.HI/c1-20(2,3)28-19(27)25-10-5-9-23-18(22-4)24-11-8-14-13-26-17-12-15(21)6-7-16(14)17;/h6-7,12-13,26H,5,8-11H2,1-4H3,(H,25,27)(H2,22,23,24);1H. The van der Waals surface area contributed by atoms with Crippen molar-refractivity contribution in [2.24, 2.45) is 4.99 Å². The molecule has 2 rings (SSSR count). The SMILES string of the molecule is CN=C(NCCCNC(=O)OC(C)(C)C)NCCc1c[nH]c2cc(F)ccc12.I. The van der Waals surface area contributed by atoms with E-state index in [0.29, 0.717) is 25.6 Å². The lowest BCUT2D eigenvalue weighted by molar-refractivity contribution is 0.0527. The number of carbonyl (C=O) groups is 1. The molecule has 7 nitrogen and oxygen atoms in total. The van der Waals surface area contributed by atoms with Gasteiger partial charge in [0.2, 0.25) is 0 Å². The van der Waals surface area contributed by atoms with Crippen LogP contribution in [-0.4, -0.2) is 49.3 Å². The molecule has 0 bridgehead atoms. The summed E-state index contributed by atoms with van der Waals surface area (Å²) in [5.41, 5.74) is 1.43. The fourth-order valence-corrected chi connectivity index (χ4v) is 2.70. The number of guanidine groups is 1. The van der Waals surface area contributed by atoms with Gasteiger partial charge in [0.1, 0.15) is 11.4 Å². The summed E-state index contributed by atoms with van der Waals surface area (Å²) in [6.07, 6.45) is 3.03. The molecule has 0 unspecified atom stereocenters. The Bertz CT molecular complexity index is 817. The third kappa shape index (κ3) is 8.88. The van der Waals surface area contributed by atoms with E-state index in [1.165, 1.54) is 12.1 Å². The van der Waals surface area contributed by atoms with Crippen molar-refractivity contribution in [2.75, 3.05) is 26.7 Å². The van der Waals surface area contributed by atoms with Crippen molar-refractivity contribution in [2.45, 2.75) is 39.2 Å². The predicted octanol–water partition coefficient (Wildman–Crippen LogP) is 3.55. The van der Waals surface area contributed by atoms with Crippen molar-refractivity contribution < 1.29 is 13.9 Å². The first-order valence-corrected chi connectivity index (χ1v) is 9.45. The van der Waals surface area contributed by atoms with Crippen LogP contribution in [0.3, 0.4) is 0 Å². The Balaban J connectivity index is 0.00000420. The number of carbonyl (C=O) groups excluding carboxylic acids is 1. The van der Waals surface area contributed by atoms with Crippen molar-refractivity contribution in [3.05, 3.63) is 35.8 Å². The molecular formula is C20H31FIN5O2. The monoisotopic (exact) mass is 519 g/mol. The molecule has 0 saturated heterocycles. The lowest BCUT2D eigenvalue weighted by atomic mass is 10.1. The molecular weight excluding hydrogens is 488 g/mol. The lowest BCUT2D eigenvalue weighted by Gasteiger charge is -2.19. The van der Waals surface area contributed by atoms with E-state index in [1.807, 2.05) is 27.0 Å². The molecule has 0 spiro atoms. The van der Waals surface area contributed by atoms with Gasteiger partial charge in [-0.05, 0) is 57.4 Å². The van der Waals surface area contributed by atoms with Gasteiger partial charge in [-0.3, -0.25) is 4.99 Å². The summed E-state index contributed by atoms with van der Waals surface area (Å²) in [7, 11) is 1.71. The third-order valence-electron chi connectivity index (χ3n) is 3.95. The van der Waals surface area contributed by atoms with Crippen molar-refractivity contribution >= 4 is 46.9 Å². The first kappa shape index (κ1) is 25.0. The number of rotatable bonds is 7. The van der Waals surface area contributed by atoms with Crippen LogP contribution in [0.5, 0.6) is 0 Å². The van der Waals surface area contributed by atoms with Crippen LogP contribution in [0.25, 0.3) is 10.9 Å². The Hall–Kier alpha value is -2.04. The number of hydrogen-bond acceptors (Lipinski definition) is 3. The molecule has 0 atom stereocenters. The van der Waals surface area contributed by atoms with E-state index in [4.69, 9.17) is 4.74 Å². The maximum Gasteiger partial charge on any atom is 0.407 e. The average Bonchev–Trinajstić information content (AvgIpc) is 3.00. The van der Waals surface area contributed by atoms with Gasteiger partial charge in [0.15, 0.2) is 5.96 Å². The summed E-state index contributed by atoms with van der Waals surface area (Å²) in [4.78, 5) is 18.8.